The predicted octanol–water partition coefficient (Wildman–Crippen LogP) is 16.5. The molecule has 0 aliphatic heterocycles. The monoisotopic (exact) mass is 837 g/mol. The Bertz CT molecular complexity index is 3020. The van der Waals surface area contributed by atoms with Gasteiger partial charge in [0.2, 0.25) is 0 Å². The van der Waals surface area contributed by atoms with E-state index in [2.05, 4.69) is 271 Å². The number of hydrogen-bond donors (Lipinski definition) is 0. The summed E-state index contributed by atoms with van der Waals surface area (Å²) in [6.07, 6.45) is 0. The molecule has 2 unspecified atom stereocenters. The molecule has 0 amide bonds. The fourth-order valence-electron chi connectivity index (χ4n) is 11.2. The van der Waals surface area contributed by atoms with E-state index in [0.717, 1.165) is 17.1 Å². The Morgan fingerprint density at radius 3 is 1.05 bits per heavy atom. The van der Waals surface area contributed by atoms with Crippen LogP contribution in [0.4, 0.5) is 17.1 Å². The molecular formula is C64H55N. The summed E-state index contributed by atoms with van der Waals surface area (Å²) in [5, 5.41) is 0. The highest BCUT2D eigenvalue weighted by atomic mass is 15.1. The molecule has 11 rings (SSSR count). The third kappa shape index (κ3) is 6.28. The molecular weight excluding hydrogens is 783 g/mol. The second-order valence-corrected chi connectivity index (χ2v) is 20.1. The fraction of sp³-hybridized carbons (Fsp3) is 0.156. The summed E-state index contributed by atoms with van der Waals surface area (Å²) in [4.78, 5) is 2.48. The molecule has 9 aromatic carbocycles. The summed E-state index contributed by atoms with van der Waals surface area (Å²) in [7, 11) is 0. The first kappa shape index (κ1) is 40.5. The average molecular weight is 838 g/mol. The molecule has 1 heteroatoms. The molecule has 0 spiro atoms. The number of fused-ring (bicyclic) bond motifs is 6. The minimum Gasteiger partial charge on any atom is -0.310 e. The van der Waals surface area contributed by atoms with Crippen LogP contribution in [0, 0.1) is 0 Å². The molecule has 2 aliphatic carbocycles. The highest BCUT2D eigenvalue weighted by Gasteiger charge is 2.48. The minimum absolute atomic E-state index is 0.0168. The molecule has 0 saturated carbocycles. The molecule has 1 nitrogen and oxygen atoms in total. The van der Waals surface area contributed by atoms with E-state index >= 15 is 0 Å². The first-order valence-electron chi connectivity index (χ1n) is 23.2. The van der Waals surface area contributed by atoms with Crippen LogP contribution in [-0.4, -0.2) is 0 Å². The maximum absolute atomic E-state index is 2.50. The fourth-order valence-corrected chi connectivity index (χ4v) is 11.2. The van der Waals surface area contributed by atoms with E-state index < -0.39 is 10.8 Å². The largest absolute Gasteiger partial charge is 0.310 e. The van der Waals surface area contributed by atoms with E-state index in [9.17, 15) is 0 Å². The molecule has 0 fully saturated rings. The van der Waals surface area contributed by atoms with E-state index in [1.807, 2.05) is 0 Å². The van der Waals surface area contributed by atoms with E-state index in [1.165, 1.54) is 77.9 Å². The molecule has 0 aromatic heterocycles. The van der Waals surface area contributed by atoms with Gasteiger partial charge in [-0.2, -0.15) is 0 Å². The molecule has 65 heavy (non-hydrogen) atoms. The van der Waals surface area contributed by atoms with E-state index in [4.69, 9.17) is 0 Å². The maximum atomic E-state index is 2.50. The van der Waals surface area contributed by atoms with Crippen LogP contribution in [0.2, 0.25) is 0 Å². The molecule has 0 N–H and O–H groups in total. The minimum atomic E-state index is -0.549. The van der Waals surface area contributed by atoms with Crippen molar-refractivity contribution in [1.82, 2.24) is 0 Å². The lowest BCUT2D eigenvalue weighted by Crippen LogP contribution is -2.30. The average Bonchev–Trinajstić information content (AvgIpc) is 3.80. The lowest BCUT2D eigenvalue weighted by atomic mass is 9.66. The van der Waals surface area contributed by atoms with Crippen LogP contribution >= 0.6 is 0 Å². The number of para-hydroxylation sites is 1. The lowest BCUT2D eigenvalue weighted by Gasteiger charge is -2.36. The third-order valence-corrected chi connectivity index (χ3v) is 14.3. The van der Waals surface area contributed by atoms with Gasteiger partial charge in [0.15, 0.2) is 0 Å². The van der Waals surface area contributed by atoms with Crippen LogP contribution in [0.1, 0.15) is 97.2 Å². The second kappa shape index (κ2) is 15.2. The van der Waals surface area contributed by atoms with E-state index in [0.29, 0.717) is 0 Å². The first-order valence-corrected chi connectivity index (χ1v) is 23.2. The van der Waals surface area contributed by atoms with Crippen molar-refractivity contribution in [2.24, 2.45) is 0 Å². The van der Waals surface area contributed by atoms with Crippen molar-refractivity contribution in [2.45, 2.75) is 63.2 Å². The smallest absolute Gasteiger partial charge is 0.0714 e. The number of nitrogens with zero attached hydrogens (tertiary/aromatic N) is 1. The molecule has 0 radical (unpaired) electrons. The maximum Gasteiger partial charge on any atom is 0.0714 e. The molecule has 0 saturated heterocycles. The van der Waals surface area contributed by atoms with Crippen LogP contribution in [0.25, 0.3) is 22.3 Å². The van der Waals surface area contributed by atoms with Gasteiger partial charge in [-0.3, -0.25) is 0 Å². The van der Waals surface area contributed by atoms with Crippen LogP contribution in [0.5, 0.6) is 0 Å². The summed E-state index contributed by atoms with van der Waals surface area (Å²) in [6.45, 7) is 13.9. The van der Waals surface area contributed by atoms with Crippen molar-refractivity contribution >= 4 is 17.1 Å². The molecule has 2 aliphatic rings. The topological polar surface area (TPSA) is 3.24 Å². The highest BCUT2D eigenvalue weighted by Crippen LogP contribution is 2.60. The van der Waals surface area contributed by atoms with Gasteiger partial charge in [-0.05, 0) is 125 Å². The van der Waals surface area contributed by atoms with Gasteiger partial charge in [0.05, 0.1) is 10.8 Å². The van der Waals surface area contributed by atoms with Gasteiger partial charge in [-0.1, -0.05) is 230 Å². The Morgan fingerprint density at radius 2 is 0.631 bits per heavy atom. The van der Waals surface area contributed by atoms with Crippen LogP contribution in [0.15, 0.2) is 224 Å². The van der Waals surface area contributed by atoms with Gasteiger partial charge >= 0.3 is 0 Å². The summed E-state index contributed by atoms with van der Waals surface area (Å²) < 4.78 is 0. The Labute approximate surface area is 385 Å². The quantitative estimate of drug-likeness (QED) is 0.155. The highest BCUT2D eigenvalue weighted by molar-refractivity contribution is 5.92. The van der Waals surface area contributed by atoms with Crippen molar-refractivity contribution in [1.29, 1.82) is 0 Å². The zero-order chi connectivity index (χ0) is 44.6. The number of hydrogen-bond acceptors (Lipinski definition) is 1. The SMILES string of the molecule is CC(C)(C)c1cccc(C2(c3ccccc3)c3ccccc3-c3ccc(N(c4ccccc4)c4ccc5c(c4)C(c4ccccc4)(c4cccc(C(C)(C)C)c4)c4ccccc4-5)cc32)c1. The van der Waals surface area contributed by atoms with E-state index in [1.54, 1.807) is 0 Å². The van der Waals surface area contributed by atoms with Gasteiger partial charge in [0.1, 0.15) is 0 Å². The second-order valence-electron chi connectivity index (χ2n) is 20.1. The molecule has 0 bridgehead atoms. The Hall–Kier alpha value is -7.22. The van der Waals surface area contributed by atoms with E-state index in [-0.39, 0.29) is 10.8 Å². The van der Waals surface area contributed by atoms with Gasteiger partial charge in [-0.15, -0.1) is 0 Å². The summed E-state index contributed by atoms with van der Waals surface area (Å²) >= 11 is 0. The summed E-state index contributed by atoms with van der Waals surface area (Å²) in [5.41, 5.74) is 20.3. The Balaban J connectivity index is 1.19. The Morgan fingerprint density at radius 1 is 0.277 bits per heavy atom. The number of anilines is 3. The van der Waals surface area contributed by atoms with Crippen LogP contribution in [0.3, 0.4) is 0 Å². The number of rotatable bonds is 7. The van der Waals surface area contributed by atoms with Crippen LogP contribution < -0.4 is 4.90 Å². The van der Waals surface area contributed by atoms with Gasteiger partial charge in [0, 0.05) is 17.1 Å². The van der Waals surface area contributed by atoms with Gasteiger partial charge < -0.3 is 4.90 Å². The first-order chi connectivity index (χ1) is 31.5. The zero-order valence-electron chi connectivity index (χ0n) is 38.3. The number of benzene rings is 9. The summed E-state index contributed by atoms with van der Waals surface area (Å²) in [5.74, 6) is 0. The van der Waals surface area contributed by atoms with Crippen molar-refractivity contribution < 1.29 is 0 Å². The van der Waals surface area contributed by atoms with Crippen molar-refractivity contribution in [3.8, 4) is 22.3 Å². The lowest BCUT2D eigenvalue weighted by molar-refractivity contribution is 0.587. The van der Waals surface area contributed by atoms with Crippen molar-refractivity contribution in [2.75, 3.05) is 4.90 Å². The molecule has 9 aromatic rings. The predicted molar refractivity (Wildman–Crippen MR) is 273 cm³/mol. The van der Waals surface area contributed by atoms with Gasteiger partial charge in [-0.25, -0.2) is 0 Å². The zero-order valence-corrected chi connectivity index (χ0v) is 38.3. The van der Waals surface area contributed by atoms with Gasteiger partial charge in [0.25, 0.3) is 0 Å². The normalized spacial score (nSPS) is 17.2. The standard InChI is InChI=1S/C64H55N/c1-61(2,3)46-26-20-28-48(40-46)63(44-22-10-7-11-23-44)57-34-18-16-32-53(57)55-38-36-51(42-59(55)63)65(50-30-14-9-15-31-50)52-37-39-56-54-33-17-19-35-58(54)64(60(56)43-52,45-24-12-8-13-25-45)49-29-21-27-47(41-49)62(4,5)6/h7-43H,1-6H3. The molecule has 316 valence electrons. The van der Waals surface area contributed by atoms with Crippen molar-refractivity contribution in [3.05, 3.63) is 280 Å². The molecule has 2 atom stereocenters. The summed E-state index contributed by atoms with van der Waals surface area (Å²) in [6, 6.07) is 84.7. The molecule has 0 heterocycles. The Kier molecular flexibility index (Phi) is 9.49. The van der Waals surface area contributed by atoms with Crippen molar-refractivity contribution in [3.63, 3.8) is 0 Å². The van der Waals surface area contributed by atoms with Crippen LogP contribution in [-0.2, 0) is 21.7 Å². The third-order valence-electron chi connectivity index (χ3n) is 14.3.